The number of piperazine rings is 2. The number of ether oxygens (including phenoxy) is 2. The van der Waals surface area contributed by atoms with Crippen LogP contribution in [0.25, 0.3) is 11.3 Å². The number of carbonyl (C=O) groups is 1. The lowest BCUT2D eigenvalue weighted by atomic mass is 9.66. The fourth-order valence-corrected chi connectivity index (χ4v) is 9.75. The summed E-state index contributed by atoms with van der Waals surface area (Å²) < 4.78 is 12.9. The van der Waals surface area contributed by atoms with E-state index in [0.717, 1.165) is 139 Å². The molecule has 1 saturated carbocycles. The molecular formula is C47H60ClN7O4. The number of benzene rings is 3. The Bertz CT molecular complexity index is 2020. The maximum absolute atomic E-state index is 12.3. The van der Waals surface area contributed by atoms with E-state index in [4.69, 9.17) is 36.8 Å². The molecule has 11 nitrogen and oxygen atoms in total. The van der Waals surface area contributed by atoms with Gasteiger partial charge in [0.2, 0.25) is 5.95 Å². The number of unbranched alkanes of at least 4 members (excludes halogenated alkanes) is 1. The Morgan fingerprint density at radius 2 is 1.71 bits per heavy atom. The smallest absolute Gasteiger partial charge is 0.309 e. The largest absolute Gasteiger partial charge is 0.489 e. The highest BCUT2D eigenvalue weighted by atomic mass is 35.5. The van der Waals surface area contributed by atoms with Gasteiger partial charge in [0.05, 0.1) is 17.2 Å². The molecule has 0 bridgehead atoms. The van der Waals surface area contributed by atoms with Gasteiger partial charge in [-0.15, -0.1) is 0 Å². The Hall–Kier alpha value is -4.26. The van der Waals surface area contributed by atoms with E-state index in [1.54, 1.807) is 0 Å². The first-order chi connectivity index (χ1) is 28.7. The van der Waals surface area contributed by atoms with E-state index in [1.807, 2.05) is 36.4 Å². The van der Waals surface area contributed by atoms with Crippen LogP contribution in [-0.2, 0) is 35.4 Å². The Labute approximate surface area is 354 Å². The lowest BCUT2D eigenvalue weighted by Crippen LogP contribution is -2.56. The number of halogens is 1. The Morgan fingerprint density at radius 1 is 0.932 bits per heavy atom. The molecule has 2 aliphatic heterocycles. The summed E-state index contributed by atoms with van der Waals surface area (Å²) >= 11 is 6.06. The number of rotatable bonds is 17. The van der Waals surface area contributed by atoms with Crippen molar-refractivity contribution >= 4 is 29.3 Å². The van der Waals surface area contributed by atoms with Crippen LogP contribution in [0.2, 0.25) is 5.02 Å². The van der Waals surface area contributed by atoms with Gasteiger partial charge in [-0.25, -0.2) is 4.98 Å². The molecule has 8 rings (SSSR count). The van der Waals surface area contributed by atoms with E-state index in [-0.39, 0.29) is 0 Å². The van der Waals surface area contributed by atoms with Crippen LogP contribution in [0.5, 0.6) is 5.75 Å². The van der Waals surface area contributed by atoms with Crippen LogP contribution in [0.1, 0.15) is 60.8 Å². The van der Waals surface area contributed by atoms with Crippen LogP contribution < -0.4 is 15.4 Å². The van der Waals surface area contributed by atoms with Crippen LogP contribution in [0.3, 0.4) is 0 Å². The second-order valence-electron chi connectivity index (χ2n) is 17.1. The van der Waals surface area contributed by atoms with Crippen molar-refractivity contribution in [3.8, 4) is 17.0 Å². The standard InChI is InChI=1S/C47H60ClN7O4/c1-52-22-26-54(27-23-52)38(19-30-59-47(21-18-42(47)45(56)57)20-6-5-9-34-7-3-2-4-8-34)32-53-24-28-55(29-25-53)44-41-16-12-36-31-39(58-33-35-10-13-37(48)14-11-35)15-17-40(36)43(41)50-46(49)51-44/h2-4,7-8,10-11,13-15,17,31,38,42H,5-6,9,12,16,18-30,32-33H2,1H3,(H,56,57)(H2,49,50,51). The number of nitrogens with two attached hydrogens (primary N) is 1. The number of likely N-dealkylation sites (N-methyl/N-ethyl adjacent to an activating group) is 1. The summed E-state index contributed by atoms with van der Waals surface area (Å²) in [5.41, 5.74) is 12.7. The maximum atomic E-state index is 12.3. The lowest BCUT2D eigenvalue weighted by Gasteiger charge is -2.48. The molecule has 59 heavy (non-hydrogen) atoms. The van der Waals surface area contributed by atoms with Crippen molar-refractivity contribution in [1.82, 2.24) is 24.7 Å². The van der Waals surface area contributed by atoms with Gasteiger partial charge in [-0.1, -0.05) is 60.5 Å². The zero-order valence-corrected chi connectivity index (χ0v) is 35.3. The first-order valence-electron chi connectivity index (χ1n) is 21.7. The minimum atomic E-state index is -0.714. The second kappa shape index (κ2) is 19.0. The summed E-state index contributed by atoms with van der Waals surface area (Å²) in [6.07, 6.45) is 8.00. The molecule has 3 unspecified atom stereocenters. The van der Waals surface area contributed by atoms with Crippen LogP contribution in [0.4, 0.5) is 11.8 Å². The normalized spacial score (nSPS) is 21.7. The number of carboxylic acid groups (broad SMARTS) is 1. The lowest BCUT2D eigenvalue weighted by molar-refractivity contribution is -0.185. The minimum Gasteiger partial charge on any atom is -0.489 e. The molecule has 0 radical (unpaired) electrons. The summed E-state index contributed by atoms with van der Waals surface area (Å²) in [6.45, 7) is 9.80. The highest BCUT2D eigenvalue weighted by molar-refractivity contribution is 6.30. The van der Waals surface area contributed by atoms with Gasteiger partial charge in [0.15, 0.2) is 0 Å². The number of nitrogens with zero attached hydrogens (tertiary/aromatic N) is 6. The van der Waals surface area contributed by atoms with E-state index in [2.05, 4.69) is 63.0 Å². The molecule has 3 N–H and O–H groups in total. The van der Waals surface area contributed by atoms with Crippen molar-refractivity contribution in [1.29, 1.82) is 0 Å². The van der Waals surface area contributed by atoms with Crippen molar-refractivity contribution in [3.63, 3.8) is 0 Å². The molecule has 0 spiro atoms. The van der Waals surface area contributed by atoms with Crippen molar-refractivity contribution in [2.24, 2.45) is 5.92 Å². The van der Waals surface area contributed by atoms with Crippen LogP contribution >= 0.6 is 11.6 Å². The quantitative estimate of drug-likeness (QED) is 0.109. The predicted molar refractivity (Wildman–Crippen MR) is 234 cm³/mol. The van der Waals surface area contributed by atoms with Crippen molar-refractivity contribution in [3.05, 3.63) is 100 Å². The average Bonchev–Trinajstić information content (AvgIpc) is 3.24. The van der Waals surface area contributed by atoms with Crippen LogP contribution in [0.15, 0.2) is 72.8 Å². The molecular weight excluding hydrogens is 762 g/mol. The first kappa shape index (κ1) is 41.5. The SMILES string of the molecule is CN1CCN(C(CCOC2(CCCCc3ccccc3)CCC2C(=O)O)CN2CCN(c3nc(N)nc4c3CCc3cc(OCc5ccc(Cl)cc5)ccc3-4)CC2)CC1. The fourth-order valence-electron chi connectivity index (χ4n) is 9.62. The molecule has 0 amide bonds. The van der Waals surface area contributed by atoms with Crippen molar-refractivity contribution in [2.45, 2.75) is 76.0 Å². The molecule has 4 aromatic rings. The number of hydrogen-bond donors (Lipinski definition) is 2. The minimum absolute atomic E-state index is 0.304. The highest BCUT2D eigenvalue weighted by Gasteiger charge is 2.51. The molecule has 3 fully saturated rings. The van der Waals surface area contributed by atoms with Gasteiger partial charge >= 0.3 is 5.97 Å². The fraction of sp³-hybridized carbons (Fsp3) is 0.511. The Kier molecular flexibility index (Phi) is 13.3. The van der Waals surface area contributed by atoms with Crippen molar-refractivity contribution < 1.29 is 19.4 Å². The highest BCUT2D eigenvalue weighted by Crippen LogP contribution is 2.46. The summed E-state index contributed by atoms with van der Waals surface area (Å²) in [6, 6.07) is 24.9. The molecule has 12 heteroatoms. The molecule has 2 aliphatic carbocycles. The molecule has 2 saturated heterocycles. The molecule has 1 aromatic heterocycles. The van der Waals surface area contributed by atoms with Gasteiger partial charge < -0.3 is 30.1 Å². The number of fused-ring (bicyclic) bond motifs is 3. The Balaban J connectivity index is 0.885. The molecule has 3 heterocycles. The molecule has 3 atom stereocenters. The van der Waals surface area contributed by atoms with Crippen molar-refractivity contribution in [2.75, 3.05) is 83.2 Å². The predicted octanol–water partition coefficient (Wildman–Crippen LogP) is 6.85. The first-order valence-corrected chi connectivity index (χ1v) is 22.1. The number of carboxylic acids is 1. The van der Waals surface area contributed by atoms with Gasteiger partial charge in [-0.05, 0) is 105 Å². The third-order valence-electron chi connectivity index (χ3n) is 13.3. The molecule has 314 valence electrons. The zero-order chi connectivity index (χ0) is 40.8. The van der Waals surface area contributed by atoms with Gasteiger partial charge in [0.1, 0.15) is 18.2 Å². The van der Waals surface area contributed by atoms with Gasteiger partial charge in [0, 0.05) is 87.7 Å². The number of aryl methyl sites for hydroxylation is 2. The Morgan fingerprint density at radius 3 is 2.44 bits per heavy atom. The van der Waals surface area contributed by atoms with Gasteiger partial charge in [0.25, 0.3) is 0 Å². The summed E-state index contributed by atoms with van der Waals surface area (Å²) in [4.78, 5) is 32.0. The zero-order valence-electron chi connectivity index (χ0n) is 34.5. The summed E-state index contributed by atoms with van der Waals surface area (Å²) in [5, 5.41) is 10.8. The third kappa shape index (κ3) is 10.0. The number of aliphatic carboxylic acids is 1. The number of nitrogen functional groups attached to an aromatic ring is 1. The maximum Gasteiger partial charge on any atom is 0.309 e. The second-order valence-corrected chi connectivity index (χ2v) is 17.5. The summed E-state index contributed by atoms with van der Waals surface area (Å²) in [5.74, 6) is 0.976. The number of anilines is 2. The van der Waals surface area contributed by atoms with E-state index in [0.29, 0.717) is 36.6 Å². The van der Waals surface area contributed by atoms with Gasteiger partial charge in [-0.2, -0.15) is 4.98 Å². The number of hydrogen-bond acceptors (Lipinski definition) is 10. The molecule has 4 aliphatic rings. The summed E-state index contributed by atoms with van der Waals surface area (Å²) in [7, 11) is 2.20. The van der Waals surface area contributed by atoms with E-state index in [9.17, 15) is 9.90 Å². The van der Waals surface area contributed by atoms with Gasteiger partial charge in [-0.3, -0.25) is 14.6 Å². The van der Waals surface area contributed by atoms with E-state index < -0.39 is 17.5 Å². The number of aromatic nitrogens is 2. The monoisotopic (exact) mass is 821 g/mol. The third-order valence-corrected chi connectivity index (χ3v) is 13.5. The van der Waals surface area contributed by atoms with Crippen LogP contribution in [-0.4, -0.2) is 120 Å². The average molecular weight is 822 g/mol. The van der Waals surface area contributed by atoms with E-state index in [1.165, 1.54) is 16.7 Å². The topological polar surface area (TPSA) is 121 Å². The van der Waals surface area contributed by atoms with E-state index >= 15 is 0 Å². The van der Waals surface area contributed by atoms with Crippen LogP contribution in [0, 0.1) is 5.92 Å². The molecule has 3 aromatic carbocycles.